The lowest BCUT2D eigenvalue weighted by atomic mass is 10.1. The second-order valence-electron chi connectivity index (χ2n) is 5.46. The summed E-state index contributed by atoms with van der Waals surface area (Å²) in [6.45, 7) is 4.29. The number of hydrogen-bond acceptors (Lipinski definition) is 4. The van der Waals surface area contributed by atoms with Crippen molar-refractivity contribution in [1.82, 2.24) is 5.43 Å². The number of carbonyl (C=O) groups excluding carboxylic acids is 1. The van der Waals surface area contributed by atoms with Gasteiger partial charge in [-0.2, -0.15) is 5.10 Å². The Labute approximate surface area is 131 Å². The molecule has 5 nitrogen and oxygen atoms in total. The quantitative estimate of drug-likeness (QED) is 0.453. The van der Waals surface area contributed by atoms with Crippen molar-refractivity contribution in [1.29, 1.82) is 0 Å². The number of amides is 1. The Morgan fingerprint density at radius 3 is 2.77 bits per heavy atom. The van der Waals surface area contributed by atoms with Gasteiger partial charge in [0.15, 0.2) is 11.5 Å². The van der Waals surface area contributed by atoms with Crippen LogP contribution < -0.4 is 14.9 Å². The molecule has 1 aliphatic heterocycles. The average molecular weight is 304 g/mol. The van der Waals surface area contributed by atoms with Crippen LogP contribution in [0.25, 0.3) is 0 Å². The molecule has 1 aromatic rings. The zero-order chi connectivity index (χ0) is 15.8. The van der Waals surface area contributed by atoms with Crippen LogP contribution in [-0.4, -0.2) is 18.4 Å². The number of hydrazone groups is 1. The number of nitrogens with one attached hydrogen (secondary N) is 1. The van der Waals surface area contributed by atoms with E-state index in [0.29, 0.717) is 12.2 Å². The molecule has 0 bridgehead atoms. The van der Waals surface area contributed by atoms with Crippen molar-refractivity contribution >= 4 is 11.6 Å². The van der Waals surface area contributed by atoms with Crippen molar-refractivity contribution in [2.75, 3.05) is 6.79 Å². The Bertz CT molecular complexity index is 541. The minimum absolute atomic E-state index is 0.0309. The number of hydrogen-bond donors (Lipinski definition) is 1. The predicted molar refractivity (Wildman–Crippen MR) is 86.3 cm³/mol. The normalized spacial score (nSPS) is 13.3. The molecule has 0 saturated carbocycles. The van der Waals surface area contributed by atoms with Crippen molar-refractivity contribution in [3.05, 3.63) is 23.8 Å². The Morgan fingerprint density at radius 1 is 1.18 bits per heavy atom. The molecule has 22 heavy (non-hydrogen) atoms. The zero-order valence-corrected chi connectivity index (χ0v) is 13.4. The third-order valence-corrected chi connectivity index (χ3v) is 3.65. The maximum atomic E-state index is 11.7. The fraction of sp³-hybridized carbons (Fsp3) is 0.529. The van der Waals surface area contributed by atoms with E-state index in [4.69, 9.17) is 9.47 Å². The highest BCUT2D eigenvalue weighted by Crippen LogP contribution is 2.32. The highest BCUT2D eigenvalue weighted by atomic mass is 16.7. The van der Waals surface area contributed by atoms with Crippen LogP contribution in [0.15, 0.2) is 23.3 Å². The molecule has 1 N–H and O–H groups in total. The number of fused-ring (bicyclic) bond motifs is 1. The van der Waals surface area contributed by atoms with Gasteiger partial charge in [-0.25, -0.2) is 5.43 Å². The maximum absolute atomic E-state index is 11.7. The Hall–Kier alpha value is -2.04. The summed E-state index contributed by atoms with van der Waals surface area (Å²) in [4.78, 5) is 11.7. The molecule has 0 fully saturated rings. The molecule has 0 radical (unpaired) electrons. The fourth-order valence-electron chi connectivity index (χ4n) is 2.28. The van der Waals surface area contributed by atoms with E-state index < -0.39 is 0 Å². The van der Waals surface area contributed by atoms with Crippen LogP contribution in [0.2, 0.25) is 0 Å². The van der Waals surface area contributed by atoms with Crippen molar-refractivity contribution in [2.24, 2.45) is 5.10 Å². The standard InChI is InChI=1S/C17H24N2O3/c1-3-4-5-6-7-8-17(20)19-18-13(2)14-9-10-15-16(11-14)22-12-21-15/h9-11H,3-8,12H2,1-2H3,(H,19,20)/b18-13-. The Morgan fingerprint density at radius 2 is 1.95 bits per heavy atom. The molecule has 0 unspecified atom stereocenters. The number of rotatable bonds is 8. The van der Waals surface area contributed by atoms with Crippen LogP contribution in [0.5, 0.6) is 11.5 Å². The second-order valence-corrected chi connectivity index (χ2v) is 5.46. The van der Waals surface area contributed by atoms with Crippen LogP contribution in [0, 0.1) is 0 Å². The van der Waals surface area contributed by atoms with Gasteiger partial charge in [-0.3, -0.25) is 4.79 Å². The Balaban J connectivity index is 1.78. The third-order valence-electron chi connectivity index (χ3n) is 3.65. The summed E-state index contributed by atoms with van der Waals surface area (Å²) in [5, 5.41) is 4.16. The van der Waals surface area contributed by atoms with Crippen LogP contribution in [-0.2, 0) is 4.79 Å². The first kappa shape index (κ1) is 16.3. The molecular weight excluding hydrogens is 280 g/mol. The van der Waals surface area contributed by atoms with Crippen molar-refractivity contribution in [3.63, 3.8) is 0 Å². The number of carbonyl (C=O) groups is 1. The minimum Gasteiger partial charge on any atom is -0.454 e. The molecule has 0 atom stereocenters. The average Bonchev–Trinajstić information content (AvgIpc) is 2.99. The molecule has 1 amide bonds. The van der Waals surface area contributed by atoms with Crippen LogP contribution in [0.4, 0.5) is 0 Å². The van der Waals surface area contributed by atoms with Gasteiger partial charge in [0.05, 0.1) is 5.71 Å². The lowest BCUT2D eigenvalue weighted by Gasteiger charge is -2.04. The Kier molecular flexibility index (Phi) is 6.25. The molecule has 0 saturated heterocycles. The fourth-order valence-corrected chi connectivity index (χ4v) is 2.28. The smallest absolute Gasteiger partial charge is 0.240 e. The first-order valence-corrected chi connectivity index (χ1v) is 7.94. The van der Waals surface area contributed by atoms with E-state index in [1.54, 1.807) is 0 Å². The van der Waals surface area contributed by atoms with Gasteiger partial charge in [0.1, 0.15) is 0 Å². The summed E-state index contributed by atoms with van der Waals surface area (Å²) >= 11 is 0. The molecule has 2 rings (SSSR count). The SMILES string of the molecule is CCCCCCCC(=O)N/N=C(/C)c1ccc2c(c1)OCO2. The summed E-state index contributed by atoms with van der Waals surface area (Å²) < 4.78 is 10.6. The molecule has 0 aliphatic carbocycles. The van der Waals surface area contributed by atoms with Gasteiger partial charge in [0, 0.05) is 12.0 Å². The minimum atomic E-state index is -0.0309. The van der Waals surface area contributed by atoms with Crippen LogP contribution in [0.1, 0.15) is 57.9 Å². The summed E-state index contributed by atoms with van der Waals surface area (Å²) in [7, 11) is 0. The number of unbranched alkanes of at least 4 members (excludes halogenated alkanes) is 4. The first-order chi connectivity index (χ1) is 10.7. The number of nitrogens with zero attached hydrogens (tertiary/aromatic N) is 1. The van der Waals surface area contributed by atoms with Crippen LogP contribution >= 0.6 is 0 Å². The van der Waals surface area contributed by atoms with E-state index in [1.807, 2.05) is 25.1 Å². The topological polar surface area (TPSA) is 59.9 Å². The van der Waals surface area contributed by atoms with E-state index in [2.05, 4.69) is 17.5 Å². The van der Waals surface area contributed by atoms with Crippen LogP contribution in [0.3, 0.4) is 0 Å². The lowest BCUT2D eigenvalue weighted by molar-refractivity contribution is -0.121. The molecule has 0 aromatic heterocycles. The van der Waals surface area contributed by atoms with Gasteiger partial charge < -0.3 is 9.47 Å². The van der Waals surface area contributed by atoms with Crippen molar-refractivity contribution < 1.29 is 14.3 Å². The van der Waals surface area contributed by atoms with Gasteiger partial charge in [-0.1, -0.05) is 32.6 Å². The molecule has 1 heterocycles. The monoisotopic (exact) mass is 304 g/mol. The largest absolute Gasteiger partial charge is 0.454 e. The molecule has 5 heteroatoms. The first-order valence-electron chi connectivity index (χ1n) is 7.94. The summed E-state index contributed by atoms with van der Waals surface area (Å²) in [6, 6.07) is 5.63. The number of benzene rings is 1. The summed E-state index contributed by atoms with van der Waals surface area (Å²) in [5.74, 6) is 1.43. The molecule has 1 aromatic carbocycles. The zero-order valence-electron chi connectivity index (χ0n) is 13.4. The van der Waals surface area contributed by atoms with Gasteiger partial charge in [0.25, 0.3) is 0 Å². The lowest BCUT2D eigenvalue weighted by Crippen LogP contribution is -2.18. The number of ether oxygens (including phenoxy) is 2. The highest BCUT2D eigenvalue weighted by Gasteiger charge is 2.14. The van der Waals surface area contributed by atoms with Crippen molar-refractivity contribution in [3.8, 4) is 11.5 Å². The van der Waals surface area contributed by atoms with Gasteiger partial charge in [0.2, 0.25) is 12.7 Å². The molecule has 1 aliphatic rings. The van der Waals surface area contributed by atoms with Gasteiger partial charge in [-0.05, 0) is 31.5 Å². The second kappa shape index (κ2) is 8.41. The van der Waals surface area contributed by atoms with E-state index in [0.717, 1.165) is 29.9 Å². The summed E-state index contributed by atoms with van der Waals surface area (Å²) in [5.41, 5.74) is 4.27. The summed E-state index contributed by atoms with van der Waals surface area (Å²) in [6.07, 6.45) is 6.20. The third kappa shape index (κ3) is 4.76. The molecule has 0 spiro atoms. The van der Waals surface area contributed by atoms with Crippen molar-refractivity contribution in [2.45, 2.75) is 52.4 Å². The molecular formula is C17H24N2O3. The van der Waals surface area contributed by atoms with E-state index >= 15 is 0 Å². The van der Waals surface area contributed by atoms with Gasteiger partial charge >= 0.3 is 0 Å². The maximum Gasteiger partial charge on any atom is 0.240 e. The van der Waals surface area contributed by atoms with E-state index in [1.165, 1.54) is 19.3 Å². The van der Waals surface area contributed by atoms with Gasteiger partial charge in [-0.15, -0.1) is 0 Å². The van der Waals surface area contributed by atoms with E-state index in [-0.39, 0.29) is 12.7 Å². The van der Waals surface area contributed by atoms with E-state index in [9.17, 15) is 4.79 Å². The highest BCUT2D eigenvalue weighted by molar-refractivity contribution is 5.99. The molecule has 120 valence electrons. The predicted octanol–water partition coefficient (Wildman–Crippen LogP) is 3.62.